The van der Waals surface area contributed by atoms with Crippen LogP contribution in [0, 0.1) is 32.1 Å². The molecule has 3 rings (SSSR count). The number of H-pyrrole nitrogens is 1. The number of esters is 1. The van der Waals surface area contributed by atoms with Crippen LogP contribution in [0.4, 0.5) is 0 Å². The van der Waals surface area contributed by atoms with Gasteiger partial charge in [-0.3, -0.25) is 9.59 Å². The van der Waals surface area contributed by atoms with E-state index in [4.69, 9.17) is 9.15 Å². The molecule has 0 bridgehead atoms. The van der Waals surface area contributed by atoms with Crippen molar-refractivity contribution >= 4 is 16.9 Å². The van der Waals surface area contributed by atoms with Crippen molar-refractivity contribution in [3.8, 4) is 6.07 Å². The van der Waals surface area contributed by atoms with Crippen LogP contribution in [-0.4, -0.2) is 11.0 Å². The lowest BCUT2D eigenvalue weighted by atomic mass is 9.95. The number of carbonyl (C=O) groups is 1. The van der Waals surface area contributed by atoms with Gasteiger partial charge in [-0.15, -0.1) is 0 Å². The summed E-state index contributed by atoms with van der Waals surface area (Å²) in [7, 11) is 0. The summed E-state index contributed by atoms with van der Waals surface area (Å²) < 4.78 is 10.8. The summed E-state index contributed by atoms with van der Waals surface area (Å²) in [5, 5.41) is 9.94. The lowest BCUT2D eigenvalue weighted by Crippen LogP contribution is -2.17. The average molecular weight is 434 g/mol. The molecule has 0 amide bonds. The van der Waals surface area contributed by atoms with Crippen molar-refractivity contribution in [2.24, 2.45) is 0 Å². The summed E-state index contributed by atoms with van der Waals surface area (Å²) in [5.41, 5.74) is 4.31. The predicted molar refractivity (Wildman–Crippen MR) is 121 cm³/mol. The van der Waals surface area contributed by atoms with Crippen molar-refractivity contribution in [1.29, 1.82) is 5.26 Å². The number of pyridine rings is 1. The zero-order chi connectivity index (χ0) is 23.6. The number of nitrogens with one attached hydrogen (secondary N) is 1. The number of aryl methyl sites for hydroxylation is 2. The molecule has 0 radical (unpaired) electrons. The van der Waals surface area contributed by atoms with Crippen LogP contribution in [0.3, 0.4) is 0 Å². The van der Waals surface area contributed by atoms with E-state index in [9.17, 15) is 19.6 Å². The van der Waals surface area contributed by atoms with Crippen molar-refractivity contribution < 1.29 is 13.9 Å². The molecule has 0 aliphatic heterocycles. The zero-order valence-corrected chi connectivity index (χ0v) is 18.9. The van der Waals surface area contributed by atoms with Gasteiger partial charge in [-0.25, -0.2) is 4.79 Å². The Balaban J connectivity index is 1.79. The largest absolute Gasteiger partial charge is 0.461 e. The van der Waals surface area contributed by atoms with Gasteiger partial charge in [0.15, 0.2) is 0 Å². The highest BCUT2D eigenvalue weighted by atomic mass is 16.5. The maximum absolute atomic E-state index is 12.4. The first kappa shape index (κ1) is 23.0. The highest BCUT2D eigenvalue weighted by molar-refractivity contribution is 5.82. The van der Waals surface area contributed by atoms with Crippen molar-refractivity contribution in [2.45, 2.75) is 60.0 Å². The van der Waals surface area contributed by atoms with E-state index in [2.05, 4.69) is 18.8 Å². The molecule has 0 unspecified atom stereocenters. The van der Waals surface area contributed by atoms with Gasteiger partial charge >= 0.3 is 11.6 Å². The Hall–Kier alpha value is -3.66. The van der Waals surface area contributed by atoms with Gasteiger partial charge in [-0.1, -0.05) is 13.8 Å². The minimum Gasteiger partial charge on any atom is -0.461 e. The van der Waals surface area contributed by atoms with E-state index in [1.165, 1.54) is 6.07 Å². The summed E-state index contributed by atoms with van der Waals surface area (Å²) in [5.74, 6) is -0.144. The summed E-state index contributed by atoms with van der Waals surface area (Å²) in [6, 6.07) is 7.08. The van der Waals surface area contributed by atoms with Gasteiger partial charge in [0.1, 0.15) is 23.8 Å². The van der Waals surface area contributed by atoms with Crippen LogP contribution in [0.2, 0.25) is 0 Å². The molecule has 0 aliphatic carbocycles. The number of aromatic nitrogens is 1. The van der Waals surface area contributed by atoms with Crippen molar-refractivity contribution in [3.05, 3.63) is 78.0 Å². The van der Waals surface area contributed by atoms with Crippen molar-refractivity contribution in [2.75, 3.05) is 0 Å². The molecular formula is C25H26N2O5. The van der Waals surface area contributed by atoms with Gasteiger partial charge in [0.05, 0.1) is 0 Å². The quantitative estimate of drug-likeness (QED) is 0.462. The molecule has 2 heterocycles. The minimum absolute atomic E-state index is 0.0471. The molecular weight excluding hydrogens is 408 g/mol. The number of nitriles is 1. The number of nitrogens with zero attached hydrogens (tertiary/aromatic N) is 1. The SMILES string of the molecule is Cc1cc2oc(=O)cc(COC(=O)CCc3c(C)[nH]c(=O)c(C#N)c3C)c2cc1C(C)C. The number of ether oxygens (including phenoxy) is 1. The van der Waals surface area contributed by atoms with E-state index >= 15 is 0 Å². The molecule has 3 aromatic rings. The number of rotatable bonds is 6. The Labute approximate surface area is 185 Å². The number of fused-ring (bicyclic) bond motifs is 1. The molecule has 7 heteroatoms. The molecule has 0 fully saturated rings. The summed E-state index contributed by atoms with van der Waals surface area (Å²) in [6.45, 7) is 9.54. The molecule has 0 spiro atoms. The molecule has 166 valence electrons. The fourth-order valence-electron chi connectivity index (χ4n) is 4.01. The van der Waals surface area contributed by atoms with Gasteiger partial charge < -0.3 is 14.1 Å². The van der Waals surface area contributed by atoms with Crippen LogP contribution < -0.4 is 11.2 Å². The molecule has 2 aromatic heterocycles. The summed E-state index contributed by atoms with van der Waals surface area (Å²) in [4.78, 5) is 38.9. The van der Waals surface area contributed by atoms with Crippen LogP contribution in [0.5, 0.6) is 0 Å². The standard InChI is InChI=1S/C25H26N2O5/c1-13(2)19-10-20-17(9-24(29)32-22(20)8-14(19)3)12-31-23(28)7-6-18-15(4)21(11-26)25(30)27-16(18)5/h8-10,13H,6-7,12H2,1-5H3,(H,27,30). The molecule has 1 aromatic carbocycles. The van der Waals surface area contributed by atoms with E-state index in [1.807, 2.05) is 25.1 Å². The van der Waals surface area contributed by atoms with Crippen LogP contribution in [-0.2, 0) is 22.6 Å². The maximum Gasteiger partial charge on any atom is 0.336 e. The number of hydrogen-bond acceptors (Lipinski definition) is 6. The fraction of sp³-hybridized carbons (Fsp3) is 0.360. The van der Waals surface area contributed by atoms with E-state index in [-0.39, 0.29) is 18.6 Å². The van der Waals surface area contributed by atoms with Gasteiger partial charge in [0, 0.05) is 29.1 Å². The smallest absolute Gasteiger partial charge is 0.336 e. The molecule has 0 aliphatic rings. The van der Waals surface area contributed by atoms with Crippen molar-refractivity contribution in [3.63, 3.8) is 0 Å². The molecule has 0 atom stereocenters. The highest BCUT2D eigenvalue weighted by Crippen LogP contribution is 2.27. The first-order chi connectivity index (χ1) is 15.1. The number of benzene rings is 1. The molecule has 32 heavy (non-hydrogen) atoms. The highest BCUT2D eigenvalue weighted by Gasteiger charge is 2.16. The minimum atomic E-state index is -0.497. The molecule has 7 nitrogen and oxygen atoms in total. The lowest BCUT2D eigenvalue weighted by Gasteiger charge is -2.13. The van der Waals surface area contributed by atoms with Crippen LogP contribution in [0.1, 0.15) is 65.3 Å². The Bertz CT molecular complexity index is 1360. The van der Waals surface area contributed by atoms with Crippen LogP contribution >= 0.6 is 0 Å². The second-order valence-electron chi connectivity index (χ2n) is 8.28. The molecule has 0 saturated heterocycles. The third kappa shape index (κ3) is 4.65. The van der Waals surface area contributed by atoms with Crippen LogP contribution in [0.25, 0.3) is 11.0 Å². The predicted octanol–water partition coefficient (Wildman–Crippen LogP) is 4.08. The second kappa shape index (κ2) is 9.23. The summed E-state index contributed by atoms with van der Waals surface area (Å²) >= 11 is 0. The topological polar surface area (TPSA) is 113 Å². The molecule has 0 saturated carbocycles. The van der Waals surface area contributed by atoms with Crippen molar-refractivity contribution in [1.82, 2.24) is 4.98 Å². The lowest BCUT2D eigenvalue weighted by molar-refractivity contribution is -0.144. The zero-order valence-electron chi connectivity index (χ0n) is 18.9. The average Bonchev–Trinajstić information content (AvgIpc) is 2.71. The Kier molecular flexibility index (Phi) is 6.64. The normalized spacial score (nSPS) is 11.0. The van der Waals surface area contributed by atoms with Gasteiger partial charge in [-0.05, 0) is 67.5 Å². The van der Waals surface area contributed by atoms with E-state index in [0.29, 0.717) is 34.7 Å². The monoisotopic (exact) mass is 434 g/mol. The van der Waals surface area contributed by atoms with Gasteiger partial charge in [0.2, 0.25) is 0 Å². The molecule has 1 N–H and O–H groups in total. The number of hydrogen-bond donors (Lipinski definition) is 1. The third-order valence-electron chi connectivity index (χ3n) is 5.73. The number of carbonyl (C=O) groups excluding carboxylic acids is 1. The van der Waals surface area contributed by atoms with E-state index in [0.717, 1.165) is 22.1 Å². The van der Waals surface area contributed by atoms with E-state index < -0.39 is 17.2 Å². The fourth-order valence-corrected chi connectivity index (χ4v) is 4.01. The first-order valence-electron chi connectivity index (χ1n) is 10.5. The van der Waals surface area contributed by atoms with Crippen LogP contribution in [0.15, 0.2) is 32.2 Å². The Morgan fingerprint density at radius 1 is 1.19 bits per heavy atom. The van der Waals surface area contributed by atoms with Gasteiger partial charge in [-0.2, -0.15) is 5.26 Å². The summed E-state index contributed by atoms with van der Waals surface area (Å²) in [6.07, 6.45) is 0.407. The number of aromatic amines is 1. The van der Waals surface area contributed by atoms with Gasteiger partial charge in [0.25, 0.3) is 5.56 Å². The third-order valence-corrected chi connectivity index (χ3v) is 5.73. The first-order valence-corrected chi connectivity index (χ1v) is 10.5. The Morgan fingerprint density at radius 3 is 2.56 bits per heavy atom. The van der Waals surface area contributed by atoms with E-state index in [1.54, 1.807) is 13.8 Å². The Morgan fingerprint density at radius 2 is 1.91 bits per heavy atom. The maximum atomic E-state index is 12.4. The second-order valence-corrected chi connectivity index (χ2v) is 8.28.